The molecule has 0 radical (unpaired) electrons. The number of halogens is 1. The zero-order valence-electron chi connectivity index (χ0n) is 13.1. The van der Waals surface area contributed by atoms with E-state index in [1.165, 1.54) is 10.9 Å². The van der Waals surface area contributed by atoms with Crippen molar-refractivity contribution in [3.63, 3.8) is 0 Å². The number of rotatable bonds is 5. The highest BCUT2D eigenvalue weighted by Crippen LogP contribution is 2.11. The summed E-state index contributed by atoms with van der Waals surface area (Å²) in [6, 6.07) is 4.90. The molecule has 2 rings (SSSR count). The molecule has 0 fully saturated rings. The van der Waals surface area contributed by atoms with Gasteiger partial charge in [0.05, 0.1) is 6.54 Å². The van der Waals surface area contributed by atoms with E-state index < -0.39 is 0 Å². The molecule has 0 aliphatic heterocycles. The highest BCUT2D eigenvalue weighted by Gasteiger charge is 2.03. The van der Waals surface area contributed by atoms with E-state index in [-0.39, 0.29) is 5.82 Å². The number of aryl methyl sites for hydroxylation is 2. The summed E-state index contributed by atoms with van der Waals surface area (Å²) in [5.74, 6) is 0.554. The second-order valence-corrected chi connectivity index (χ2v) is 6.36. The lowest BCUT2D eigenvalue weighted by molar-refractivity contribution is 0.625. The van der Waals surface area contributed by atoms with Crippen LogP contribution in [0.15, 0.2) is 29.4 Å². The molecule has 0 saturated carbocycles. The molecule has 4 nitrogen and oxygen atoms in total. The van der Waals surface area contributed by atoms with E-state index in [9.17, 15) is 4.39 Å². The molecule has 1 heterocycles. The number of nitrogens with one attached hydrogen (secondary N) is 2. The summed E-state index contributed by atoms with van der Waals surface area (Å²) in [7, 11) is 1.74. The largest absolute Gasteiger partial charge is 0.356 e. The van der Waals surface area contributed by atoms with E-state index in [1.54, 1.807) is 24.5 Å². The van der Waals surface area contributed by atoms with Crippen molar-refractivity contribution >= 4 is 17.3 Å². The molecule has 0 bridgehead atoms. The van der Waals surface area contributed by atoms with Crippen molar-refractivity contribution in [2.24, 2.45) is 4.99 Å². The minimum atomic E-state index is -0.189. The average Bonchev–Trinajstić information content (AvgIpc) is 2.90. The van der Waals surface area contributed by atoms with Crippen molar-refractivity contribution in [1.82, 2.24) is 15.6 Å². The summed E-state index contributed by atoms with van der Waals surface area (Å²) >= 11 is 1.67. The highest BCUT2D eigenvalue weighted by atomic mass is 32.1. The molecule has 1 aromatic carbocycles. The van der Waals surface area contributed by atoms with Crippen molar-refractivity contribution in [3.05, 3.63) is 51.2 Å². The molecule has 2 N–H and O–H groups in total. The van der Waals surface area contributed by atoms with E-state index in [0.29, 0.717) is 6.54 Å². The summed E-state index contributed by atoms with van der Waals surface area (Å²) in [5.41, 5.74) is 2.11. The minimum absolute atomic E-state index is 0.189. The van der Waals surface area contributed by atoms with Gasteiger partial charge in [-0.25, -0.2) is 9.37 Å². The van der Waals surface area contributed by atoms with Gasteiger partial charge >= 0.3 is 0 Å². The third-order valence-corrected chi connectivity index (χ3v) is 4.20. The Kier molecular flexibility index (Phi) is 5.89. The normalized spacial score (nSPS) is 11.5. The summed E-state index contributed by atoms with van der Waals surface area (Å²) in [4.78, 5) is 9.70. The van der Waals surface area contributed by atoms with Crippen molar-refractivity contribution in [2.75, 3.05) is 13.6 Å². The number of hydrogen-bond acceptors (Lipinski definition) is 3. The molecule has 0 saturated heterocycles. The summed E-state index contributed by atoms with van der Waals surface area (Å²) in [6.07, 6.45) is 2.69. The molecule has 0 unspecified atom stereocenters. The zero-order valence-corrected chi connectivity index (χ0v) is 13.9. The average molecular weight is 320 g/mol. The highest BCUT2D eigenvalue weighted by molar-refractivity contribution is 7.11. The lowest BCUT2D eigenvalue weighted by atomic mass is 10.1. The number of thiazole rings is 1. The SMILES string of the molecule is CN=C(NCCc1ccc(F)cc1C)NCc1ncc(C)s1. The van der Waals surface area contributed by atoms with Gasteiger partial charge in [0.15, 0.2) is 5.96 Å². The molecule has 1 aromatic heterocycles. The van der Waals surface area contributed by atoms with Gasteiger partial charge in [-0.1, -0.05) is 6.07 Å². The Bertz CT molecular complexity index is 651. The second-order valence-electron chi connectivity index (χ2n) is 5.04. The van der Waals surface area contributed by atoms with Gasteiger partial charge in [-0.05, 0) is 43.5 Å². The molecule has 6 heteroatoms. The standard InChI is InChI=1S/C16H21FN4S/c1-11-8-14(17)5-4-13(11)6-7-19-16(18-3)21-10-15-20-9-12(2)22-15/h4-5,8-9H,6-7,10H2,1-3H3,(H2,18,19,21). The van der Waals surface area contributed by atoms with E-state index in [0.717, 1.165) is 35.1 Å². The first-order valence-corrected chi connectivity index (χ1v) is 8.01. The molecule has 0 aliphatic rings. The van der Waals surface area contributed by atoms with Crippen LogP contribution in [-0.2, 0) is 13.0 Å². The van der Waals surface area contributed by atoms with Crippen LogP contribution in [0.3, 0.4) is 0 Å². The molecular formula is C16H21FN4S. The topological polar surface area (TPSA) is 49.3 Å². The predicted molar refractivity (Wildman–Crippen MR) is 89.9 cm³/mol. The maximum absolute atomic E-state index is 13.1. The molecule has 118 valence electrons. The van der Waals surface area contributed by atoms with Gasteiger partial charge in [-0.2, -0.15) is 0 Å². The fraction of sp³-hybridized carbons (Fsp3) is 0.375. The van der Waals surface area contributed by atoms with Gasteiger partial charge in [-0.3, -0.25) is 4.99 Å². The lowest BCUT2D eigenvalue weighted by Gasteiger charge is -2.12. The van der Waals surface area contributed by atoms with Crippen LogP contribution in [0.25, 0.3) is 0 Å². The number of benzene rings is 1. The maximum Gasteiger partial charge on any atom is 0.191 e. The number of guanidine groups is 1. The summed E-state index contributed by atoms with van der Waals surface area (Å²) in [5, 5.41) is 7.53. The Morgan fingerprint density at radius 3 is 2.77 bits per heavy atom. The summed E-state index contributed by atoms with van der Waals surface area (Å²) in [6.45, 7) is 5.37. The molecular weight excluding hydrogens is 299 g/mol. The Morgan fingerprint density at radius 1 is 1.32 bits per heavy atom. The van der Waals surface area contributed by atoms with Crippen molar-refractivity contribution in [1.29, 1.82) is 0 Å². The third-order valence-electron chi connectivity index (χ3n) is 3.29. The van der Waals surface area contributed by atoms with Gasteiger partial charge in [-0.15, -0.1) is 11.3 Å². The molecule has 22 heavy (non-hydrogen) atoms. The van der Waals surface area contributed by atoms with Crippen LogP contribution in [0.4, 0.5) is 4.39 Å². The third kappa shape index (κ3) is 4.80. The first kappa shape index (κ1) is 16.4. The monoisotopic (exact) mass is 320 g/mol. The van der Waals surface area contributed by atoms with E-state index >= 15 is 0 Å². The fourth-order valence-corrected chi connectivity index (χ4v) is 2.85. The van der Waals surface area contributed by atoms with Gasteiger partial charge in [0, 0.05) is 24.7 Å². The Hall–Kier alpha value is -1.95. The number of hydrogen-bond donors (Lipinski definition) is 2. The van der Waals surface area contributed by atoms with E-state index in [1.807, 2.05) is 26.1 Å². The first-order valence-electron chi connectivity index (χ1n) is 7.19. The lowest BCUT2D eigenvalue weighted by Crippen LogP contribution is -2.37. The van der Waals surface area contributed by atoms with Crippen LogP contribution < -0.4 is 10.6 Å². The minimum Gasteiger partial charge on any atom is -0.356 e. The van der Waals surface area contributed by atoms with Crippen LogP contribution in [0.1, 0.15) is 21.0 Å². The fourth-order valence-electron chi connectivity index (χ4n) is 2.12. The zero-order chi connectivity index (χ0) is 15.9. The predicted octanol–water partition coefficient (Wildman–Crippen LogP) is 2.81. The molecule has 2 aromatic rings. The summed E-state index contributed by atoms with van der Waals surface area (Å²) < 4.78 is 13.1. The second kappa shape index (κ2) is 7.89. The van der Waals surface area contributed by atoms with Gasteiger partial charge in [0.25, 0.3) is 0 Å². The molecule has 0 amide bonds. The van der Waals surface area contributed by atoms with Crippen LogP contribution in [0.2, 0.25) is 0 Å². The number of aromatic nitrogens is 1. The van der Waals surface area contributed by atoms with E-state index in [4.69, 9.17) is 0 Å². The van der Waals surface area contributed by atoms with Crippen LogP contribution >= 0.6 is 11.3 Å². The Morgan fingerprint density at radius 2 is 2.14 bits per heavy atom. The van der Waals surface area contributed by atoms with Crippen molar-refractivity contribution in [3.8, 4) is 0 Å². The Balaban J connectivity index is 1.79. The van der Waals surface area contributed by atoms with Gasteiger partial charge in [0.2, 0.25) is 0 Å². The number of aliphatic imine (C=N–C) groups is 1. The molecule has 0 spiro atoms. The maximum atomic E-state index is 13.1. The van der Waals surface area contributed by atoms with Crippen molar-refractivity contribution < 1.29 is 4.39 Å². The first-order chi connectivity index (χ1) is 10.6. The Labute approximate surface area is 134 Å². The molecule has 0 aliphatic carbocycles. The van der Waals surface area contributed by atoms with Crippen molar-refractivity contribution in [2.45, 2.75) is 26.8 Å². The van der Waals surface area contributed by atoms with Crippen LogP contribution in [0.5, 0.6) is 0 Å². The quantitative estimate of drug-likeness (QED) is 0.658. The van der Waals surface area contributed by atoms with Crippen LogP contribution in [0, 0.1) is 19.7 Å². The van der Waals surface area contributed by atoms with Gasteiger partial charge in [0.1, 0.15) is 10.8 Å². The number of nitrogens with zero attached hydrogens (tertiary/aromatic N) is 2. The van der Waals surface area contributed by atoms with Crippen LogP contribution in [-0.4, -0.2) is 24.5 Å². The smallest absolute Gasteiger partial charge is 0.191 e. The van der Waals surface area contributed by atoms with Gasteiger partial charge < -0.3 is 10.6 Å². The van der Waals surface area contributed by atoms with E-state index in [2.05, 4.69) is 20.6 Å². The molecule has 0 atom stereocenters.